The van der Waals surface area contributed by atoms with Crippen molar-refractivity contribution in [3.8, 4) is 0 Å². The minimum Gasteiger partial charge on any atom is -0.324 e. The van der Waals surface area contributed by atoms with Gasteiger partial charge in [-0.3, -0.25) is 0 Å². The minimum absolute atomic E-state index is 0.0155. The van der Waals surface area contributed by atoms with Gasteiger partial charge in [0.25, 0.3) is 0 Å². The molecule has 0 aliphatic rings. The Labute approximate surface area is 128 Å². The maximum absolute atomic E-state index is 12.3. The highest BCUT2D eigenvalue weighted by atomic mass is 32.2. The van der Waals surface area contributed by atoms with Crippen LogP contribution in [0.1, 0.15) is 32.3 Å². The van der Waals surface area contributed by atoms with E-state index < -0.39 is 28.2 Å². The van der Waals surface area contributed by atoms with E-state index in [4.69, 9.17) is 5.73 Å². The maximum atomic E-state index is 12.3. The summed E-state index contributed by atoms with van der Waals surface area (Å²) in [6.07, 6.45) is -4.19. The number of rotatable bonds is 7. The van der Waals surface area contributed by atoms with Crippen molar-refractivity contribution >= 4 is 10.0 Å². The Morgan fingerprint density at radius 1 is 1.09 bits per heavy atom. The molecule has 0 saturated carbocycles. The summed E-state index contributed by atoms with van der Waals surface area (Å²) >= 11 is 0. The van der Waals surface area contributed by atoms with E-state index in [1.807, 2.05) is 13.8 Å². The molecule has 0 heterocycles. The van der Waals surface area contributed by atoms with Crippen LogP contribution < -0.4 is 10.5 Å². The summed E-state index contributed by atoms with van der Waals surface area (Å²) in [5.74, 6) is 0. The average molecular weight is 338 g/mol. The fraction of sp³-hybridized carbons (Fsp3) is 0.571. The van der Waals surface area contributed by atoms with Crippen molar-refractivity contribution in [2.24, 2.45) is 5.73 Å². The molecule has 0 radical (unpaired) electrons. The van der Waals surface area contributed by atoms with Crippen LogP contribution in [0.4, 0.5) is 13.2 Å². The molecule has 1 rings (SSSR count). The second-order valence-corrected chi connectivity index (χ2v) is 7.10. The molecule has 0 unspecified atom stereocenters. The topological polar surface area (TPSA) is 72.2 Å². The Hall–Kier alpha value is -1.12. The van der Waals surface area contributed by atoms with Gasteiger partial charge in [0.05, 0.1) is 11.3 Å². The first-order valence-electron chi connectivity index (χ1n) is 6.95. The Balaban J connectivity index is 2.82. The molecule has 1 aromatic carbocycles. The fourth-order valence-electron chi connectivity index (χ4n) is 1.84. The van der Waals surface area contributed by atoms with Gasteiger partial charge in [-0.05, 0) is 30.5 Å². The lowest BCUT2D eigenvalue weighted by atomic mass is 9.95. The van der Waals surface area contributed by atoms with Crippen molar-refractivity contribution in [2.45, 2.75) is 49.7 Å². The molecule has 126 valence electrons. The predicted octanol–water partition coefficient (Wildman–Crippen LogP) is 2.59. The first-order valence-corrected chi connectivity index (χ1v) is 8.44. The zero-order chi connectivity index (χ0) is 17.0. The van der Waals surface area contributed by atoms with E-state index in [-0.39, 0.29) is 17.0 Å². The van der Waals surface area contributed by atoms with Gasteiger partial charge in [0.2, 0.25) is 10.0 Å². The molecule has 0 saturated heterocycles. The molecule has 4 nitrogen and oxygen atoms in total. The van der Waals surface area contributed by atoms with Crippen LogP contribution in [-0.4, -0.2) is 26.7 Å². The highest BCUT2D eigenvalue weighted by molar-refractivity contribution is 7.89. The first kappa shape index (κ1) is 18.9. The lowest BCUT2D eigenvalue weighted by Gasteiger charge is -2.26. The Morgan fingerprint density at radius 2 is 1.59 bits per heavy atom. The Morgan fingerprint density at radius 3 is 2.00 bits per heavy atom. The summed E-state index contributed by atoms with van der Waals surface area (Å²) in [5.41, 5.74) is 5.40. The highest BCUT2D eigenvalue weighted by Gasteiger charge is 2.28. The summed E-state index contributed by atoms with van der Waals surface area (Å²) in [4.78, 5) is -0.0759. The zero-order valence-electron chi connectivity index (χ0n) is 12.6. The highest BCUT2D eigenvalue weighted by Crippen LogP contribution is 2.22. The van der Waals surface area contributed by atoms with Crippen LogP contribution in [0.15, 0.2) is 29.2 Å². The third-order valence-electron chi connectivity index (χ3n) is 3.66. The molecule has 0 aromatic heterocycles. The molecular weight excluding hydrogens is 317 g/mol. The summed E-state index contributed by atoms with van der Waals surface area (Å²) in [6, 6.07) is 4.66. The molecular formula is C14H21F3N2O2S. The lowest BCUT2D eigenvalue weighted by Crippen LogP contribution is -2.49. The Kier molecular flexibility index (Phi) is 6.00. The molecule has 3 N–H and O–H groups in total. The number of benzene rings is 1. The third kappa shape index (κ3) is 5.58. The van der Waals surface area contributed by atoms with E-state index in [1.165, 1.54) is 12.1 Å². The normalized spacial score (nSPS) is 13.4. The molecule has 0 spiro atoms. The molecule has 0 amide bonds. The standard InChI is InChI=1S/C14H21F3N2O2S/c1-3-13(18,4-2)10-19-22(20,21)12-7-5-11(6-8-12)9-14(15,16)17/h5-8,19H,3-4,9-10,18H2,1-2H3. The molecule has 0 bridgehead atoms. The quantitative estimate of drug-likeness (QED) is 0.803. The Bertz CT molecular complexity index is 579. The van der Waals surface area contributed by atoms with Crippen molar-refractivity contribution in [3.05, 3.63) is 29.8 Å². The van der Waals surface area contributed by atoms with E-state index >= 15 is 0 Å². The fourth-order valence-corrected chi connectivity index (χ4v) is 2.98. The molecule has 0 aliphatic carbocycles. The first-order chi connectivity index (χ1) is 10.0. The van der Waals surface area contributed by atoms with Crippen LogP contribution in [0.5, 0.6) is 0 Å². The molecule has 0 fully saturated rings. The lowest BCUT2D eigenvalue weighted by molar-refractivity contribution is -0.127. The van der Waals surface area contributed by atoms with Gasteiger partial charge in [-0.1, -0.05) is 26.0 Å². The van der Waals surface area contributed by atoms with Gasteiger partial charge in [0.15, 0.2) is 0 Å². The summed E-state index contributed by atoms with van der Waals surface area (Å²) < 4.78 is 63.4. The second kappa shape index (κ2) is 6.97. The average Bonchev–Trinajstić information content (AvgIpc) is 2.44. The van der Waals surface area contributed by atoms with Crippen molar-refractivity contribution in [1.29, 1.82) is 0 Å². The van der Waals surface area contributed by atoms with Gasteiger partial charge in [-0.15, -0.1) is 0 Å². The minimum atomic E-state index is -4.32. The SMILES string of the molecule is CCC(N)(CC)CNS(=O)(=O)c1ccc(CC(F)(F)F)cc1. The second-order valence-electron chi connectivity index (χ2n) is 5.33. The van der Waals surface area contributed by atoms with E-state index in [9.17, 15) is 21.6 Å². The zero-order valence-corrected chi connectivity index (χ0v) is 13.4. The number of sulfonamides is 1. The van der Waals surface area contributed by atoms with Crippen LogP contribution in [-0.2, 0) is 16.4 Å². The van der Waals surface area contributed by atoms with Gasteiger partial charge < -0.3 is 5.73 Å². The summed E-state index contributed by atoms with van der Waals surface area (Å²) in [5, 5.41) is 0. The molecule has 0 aliphatic heterocycles. The summed E-state index contributed by atoms with van der Waals surface area (Å²) in [7, 11) is -3.79. The third-order valence-corrected chi connectivity index (χ3v) is 5.08. The maximum Gasteiger partial charge on any atom is 0.393 e. The number of nitrogens with one attached hydrogen (secondary N) is 1. The van der Waals surface area contributed by atoms with Gasteiger partial charge in [0, 0.05) is 12.1 Å². The number of nitrogens with two attached hydrogens (primary N) is 1. The van der Waals surface area contributed by atoms with E-state index in [0.29, 0.717) is 12.8 Å². The van der Waals surface area contributed by atoms with Crippen LogP contribution in [0.3, 0.4) is 0 Å². The van der Waals surface area contributed by atoms with E-state index in [1.54, 1.807) is 0 Å². The molecule has 1 aromatic rings. The number of hydrogen-bond donors (Lipinski definition) is 2. The number of hydrogen-bond acceptors (Lipinski definition) is 3. The van der Waals surface area contributed by atoms with Gasteiger partial charge in [0.1, 0.15) is 0 Å². The van der Waals surface area contributed by atoms with Crippen molar-refractivity contribution in [2.75, 3.05) is 6.54 Å². The smallest absolute Gasteiger partial charge is 0.324 e. The van der Waals surface area contributed by atoms with Crippen molar-refractivity contribution in [3.63, 3.8) is 0 Å². The monoisotopic (exact) mass is 338 g/mol. The van der Waals surface area contributed by atoms with E-state index in [2.05, 4.69) is 4.72 Å². The van der Waals surface area contributed by atoms with Crippen LogP contribution in [0.2, 0.25) is 0 Å². The number of halogens is 3. The van der Waals surface area contributed by atoms with Gasteiger partial charge >= 0.3 is 6.18 Å². The summed E-state index contributed by atoms with van der Waals surface area (Å²) in [6.45, 7) is 3.81. The van der Waals surface area contributed by atoms with Crippen molar-refractivity contribution in [1.82, 2.24) is 4.72 Å². The van der Waals surface area contributed by atoms with Gasteiger partial charge in [-0.25, -0.2) is 13.1 Å². The molecule has 8 heteroatoms. The molecule has 0 atom stereocenters. The van der Waals surface area contributed by atoms with Crippen LogP contribution in [0, 0.1) is 0 Å². The predicted molar refractivity (Wildman–Crippen MR) is 78.9 cm³/mol. The van der Waals surface area contributed by atoms with Crippen LogP contribution in [0.25, 0.3) is 0 Å². The number of alkyl halides is 3. The largest absolute Gasteiger partial charge is 0.393 e. The van der Waals surface area contributed by atoms with Crippen molar-refractivity contribution < 1.29 is 21.6 Å². The molecule has 22 heavy (non-hydrogen) atoms. The van der Waals surface area contributed by atoms with Gasteiger partial charge in [-0.2, -0.15) is 13.2 Å². The van der Waals surface area contributed by atoms with Crippen LogP contribution >= 0.6 is 0 Å². The van der Waals surface area contributed by atoms with E-state index in [0.717, 1.165) is 12.1 Å².